The van der Waals surface area contributed by atoms with E-state index in [9.17, 15) is 9.18 Å². The van der Waals surface area contributed by atoms with Crippen molar-refractivity contribution in [1.29, 1.82) is 0 Å². The SMILES string of the molecule is CCOC1(C(=O)Cc2cccc(F)c2)CCOCC1. The van der Waals surface area contributed by atoms with Gasteiger partial charge in [-0.25, -0.2) is 4.39 Å². The van der Waals surface area contributed by atoms with Gasteiger partial charge in [-0.15, -0.1) is 0 Å². The number of hydrogen-bond donors (Lipinski definition) is 0. The second-order valence-electron chi connectivity index (χ2n) is 4.77. The van der Waals surface area contributed by atoms with Crippen LogP contribution in [-0.2, 0) is 20.7 Å². The van der Waals surface area contributed by atoms with E-state index in [4.69, 9.17) is 9.47 Å². The lowest BCUT2D eigenvalue weighted by molar-refractivity contribution is -0.156. The number of carbonyl (C=O) groups excluding carboxylic acids is 1. The Labute approximate surface area is 112 Å². The molecule has 1 heterocycles. The molecule has 0 radical (unpaired) electrons. The van der Waals surface area contributed by atoms with Gasteiger partial charge in [0.2, 0.25) is 0 Å². The van der Waals surface area contributed by atoms with Gasteiger partial charge < -0.3 is 9.47 Å². The Balaban J connectivity index is 2.11. The van der Waals surface area contributed by atoms with Gasteiger partial charge in [0.05, 0.1) is 0 Å². The average molecular weight is 266 g/mol. The highest BCUT2D eigenvalue weighted by Gasteiger charge is 2.40. The maximum absolute atomic E-state index is 13.1. The summed E-state index contributed by atoms with van der Waals surface area (Å²) in [6, 6.07) is 6.16. The molecule has 1 aromatic carbocycles. The van der Waals surface area contributed by atoms with E-state index in [1.165, 1.54) is 12.1 Å². The molecule has 0 aromatic heterocycles. The molecule has 0 N–H and O–H groups in total. The first kappa shape index (κ1) is 14.2. The molecule has 0 atom stereocenters. The number of ketones is 1. The summed E-state index contributed by atoms with van der Waals surface area (Å²) in [5.74, 6) is -0.300. The molecule has 1 aliphatic rings. The van der Waals surface area contributed by atoms with Crippen molar-refractivity contribution in [2.24, 2.45) is 0 Å². The van der Waals surface area contributed by atoms with E-state index in [1.54, 1.807) is 12.1 Å². The second-order valence-corrected chi connectivity index (χ2v) is 4.77. The molecule has 2 rings (SSSR count). The molecule has 1 fully saturated rings. The predicted molar refractivity (Wildman–Crippen MR) is 69.5 cm³/mol. The minimum absolute atomic E-state index is 0.0169. The van der Waals surface area contributed by atoms with E-state index in [2.05, 4.69) is 0 Å². The van der Waals surface area contributed by atoms with Crippen LogP contribution in [0.5, 0.6) is 0 Å². The molecule has 19 heavy (non-hydrogen) atoms. The van der Waals surface area contributed by atoms with Crippen LogP contribution in [0.2, 0.25) is 0 Å². The zero-order valence-corrected chi connectivity index (χ0v) is 11.2. The van der Waals surface area contributed by atoms with E-state index in [1.807, 2.05) is 6.92 Å². The van der Waals surface area contributed by atoms with Crippen molar-refractivity contribution in [2.75, 3.05) is 19.8 Å². The zero-order chi connectivity index (χ0) is 13.7. The van der Waals surface area contributed by atoms with Crippen LogP contribution in [-0.4, -0.2) is 31.2 Å². The van der Waals surface area contributed by atoms with E-state index in [0.717, 1.165) is 0 Å². The molecule has 1 aromatic rings. The smallest absolute Gasteiger partial charge is 0.169 e. The van der Waals surface area contributed by atoms with Gasteiger partial charge in [0.1, 0.15) is 11.4 Å². The Morgan fingerprint density at radius 1 is 1.42 bits per heavy atom. The number of rotatable bonds is 5. The van der Waals surface area contributed by atoms with Gasteiger partial charge in [-0.2, -0.15) is 0 Å². The molecule has 0 saturated carbocycles. The van der Waals surface area contributed by atoms with Crippen LogP contribution in [0, 0.1) is 5.82 Å². The van der Waals surface area contributed by atoms with E-state index >= 15 is 0 Å². The molecule has 0 spiro atoms. The summed E-state index contributed by atoms with van der Waals surface area (Å²) < 4.78 is 24.2. The fourth-order valence-corrected chi connectivity index (χ4v) is 2.47. The molecule has 1 aliphatic heterocycles. The number of ether oxygens (including phenoxy) is 2. The van der Waals surface area contributed by atoms with Gasteiger partial charge in [-0.1, -0.05) is 12.1 Å². The average Bonchev–Trinajstić information content (AvgIpc) is 2.40. The summed E-state index contributed by atoms with van der Waals surface area (Å²) in [4.78, 5) is 12.5. The number of Topliss-reactive ketones (excluding diaryl/α,β-unsaturated/α-hetero) is 1. The summed E-state index contributed by atoms with van der Waals surface area (Å²) in [6.45, 7) is 3.45. The van der Waals surface area contributed by atoms with E-state index in [0.29, 0.717) is 38.2 Å². The van der Waals surface area contributed by atoms with Crippen LogP contribution < -0.4 is 0 Å². The normalized spacial score (nSPS) is 18.2. The first-order valence-electron chi connectivity index (χ1n) is 6.66. The van der Waals surface area contributed by atoms with Crippen molar-refractivity contribution in [3.8, 4) is 0 Å². The van der Waals surface area contributed by atoms with Crippen molar-refractivity contribution < 1.29 is 18.7 Å². The van der Waals surface area contributed by atoms with Crippen molar-refractivity contribution in [3.63, 3.8) is 0 Å². The van der Waals surface area contributed by atoms with E-state index in [-0.39, 0.29) is 18.0 Å². The highest BCUT2D eigenvalue weighted by atomic mass is 19.1. The molecule has 4 heteroatoms. The molecule has 104 valence electrons. The maximum Gasteiger partial charge on any atom is 0.169 e. The van der Waals surface area contributed by atoms with Crippen LogP contribution in [0.25, 0.3) is 0 Å². The van der Waals surface area contributed by atoms with Crippen LogP contribution in [0.15, 0.2) is 24.3 Å². The monoisotopic (exact) mass is 266 g/mol. The lowest BCUT2D eigenvalue weighted by Gasteiger charge is -2.35. The molecule has 0 unspecified atom stereocenters. The fraction of sp³-hybridized carbons (Fsp3) is 0.533. The number of carbonyl (C=O) groups is 1. The van der Waals surface area contributed by atoms with Crippen molar-refractivity contribution in [2.45, 2.75) is 31.8 Å². The number of hydrogen-bond acceptors (Lipinski definition) is 3. The Morgan fingerprint density at radius 3 is 2.79 bits per heavy atom. The fourth-order valence-electron chi connectivity index (χ4n) is 2.47. The maximum atomic E-state index is 13.1. The summed E-state index contributed by atoms with van der Waals surface area (Å²) in [7, 11) is 0. The van der Waals surface area contributed by atoms with Crippen LogP contribution in [0.4, 0.5) is 4.39 Å². The van der Waals surface area contributed by atoms with Gasteiger partial charge in [0.15, 0.2) is 5.78 Å². The second kappa shape index (κ2) is 6.26. The highest BCUT2D eigenvalue weighted by Crippen LogP contribution is 2.27. The van der Waals surface area contributed by atoms with Crippen molar-refractivity contribution in [3.05, 3.63) is 35.6 Å². The zero-order valence-electron chi connectivity index (χ0n) is 11.2. The Kier molecular flexibility index (Phi) is 4.66. The number of benzene rings is 1. The first-order valence-corrected chi connectivity index (χ1v) is 6.66. The third-order valence-electron chi connectivity index (χ3n) is 3.48. The van der Waals surface area contributed by atoms with Crippen LogP contribution in [0.3, 0.4) is 0 Å². The van der Waals surface area contributed by atoms with Crippen molar-refractivity contribution >= 4 is 5.78 Å². The quantitative estimate of drug-likeness (QED) is 0.821. The van der Waals surface area contributed by atoms with Crippen LogP contribution in [0.1, 0.15) is 25.3 Å². The molecule has 0 amide bonds. The van der Waals surface area contributed by atoms with Gasteiger partial charge in [0, 0.05) is 39.1 Å². The Bertz CT molecular complexity index is 433. The topological polar surface area (TPSA) is 35.5 Å². The number of halogens is 1. The summed E-state index contributed by atoms with van der Waals surface area (Å²) in [5, 5.41) is 0. The van der Waals surface area contributed by atoms with Gasteiger partial charge >= 0.3 is 0 Å². The molecular weight excluding hydrogens is 247 g/mol. The van der Waals surface area contributed by atoms with Gasteiger partial charge in [-0.05, 0) is 24.6 Å². The van der Waals surface area contributed by atoms with Gasteiger partial charge in [0.25, 0.3) is 0 Å². The molecule has 0 bridgehead atoms. The third-order valence-corrected chi connectivity index (χ3v) is 3.48. The van der Waals surface area contributed by atoms with E-state index < -0.39 is 5.60 Å². The van der Waals surface area contributed by atoms with Crippen molar-refractivity contribution in [1.82, 2.24) is 0 Å². The largest absolute Gasteiger partial charge is 0.381 e. The first-order chi connectivity index (χ1) is 9.16. The third kappa shape index (κ3) is 3.39. The Hall–Kier alpha value is -1.26. The minimum Gasteiger partial charge on any atom is -0.381 e. The molecular formula is C15H19FO3. The lowest BCUT2D eigenvalue weighted by atomic mass is 9.86. The molecule has 0 aliphatic carbocycles. The van der Waals surface area contributed by atoms with Crippen LogP contribution >= 0.6 is 0 Å². The Morgan fingerprint density at radius 2 is 2.16 bits per heavy atom. The highest BCUT2D eigenvalue weighted by molar-refractivity contribution is 5.89. The minimum atomic E-state index is -0.751. The molecule has 3 nitrogen and oxygen atoms in total. The van der Waals surface area contributed by atoms with Gasteiger partial charge in [-0.3, -0.25) is 4.79 Å². The lowest BCUT2D eigenvalue weighted by Crippen LogP contribution is -2.47. The summed E-state index contributed by atoms with van der Waals surface area (Å²) in [6.07, 6.45) is 1.36. The summed E-state index contributed by atoms with van der Waals surface area (Å²) >= 11 is 0. The predicted octanol–water partition coefficient (Wildman–Crippen LogP) is 2.52. The molecule has 1 saturated heterocycles. The summed E-state index contributed by atoms with van der Waals surface area (Å²) in [5.41, 5.74) is -0.0603. The standard InChI is InChI=1S/C15H19FO3/c1-2-19-15(6-8-18-9-7-15)14(17)11-12-4-3-5-13(16)10-12/h3-5,10H,2,6-9,11H2,1H3.